The molecule has 10 heteroatoms. The minimum absolute atomic E-state index is 0.121. The van der Waals surface area contributed by atoms with Crippen LogP contribution in [0, 0.1) is 0 Å². The van der Waals surface area contributed by atoms with E-state index in [9.17, 15) is 9.59 Å². The molecule has 3 aromatic rings. The lowest BCUT2D eigenvalue weighted by Gasteiger charge is -2.20. The van der Waals surface area contributed by atoms with Gasteiger partial charge in [-0.3, -0.25) is 9.59 Å². The lowest BCUT2D eigenvalue weighted by atomic mass is 10.2. The number of nitrogens with one attached hydrogen (secondary N) is 1. The smallest absolute Gasteiger partial charge is 0.244 e. The molecule has 7 nitrogen and oxygen atoms in total. The van der Waals surface area contributed by atoms with E-state index < -0.39 is 5.91 Å². The van der Waals surface area contributed by atoms with Crippen molar-refractivity contribution in [3.05, 3.63) is 63.4 Å². The van der Waals surface area contributed by atoms with Crippen LogP contribution >= 0.6 is 34.8 Å². The van der Waals surface area contributed by atoms with Crippen LogP contribution in [-0.2, 0) is 16.0 Å². The van der Waals surface area contributed by atoms with E-state index in [1.54, 1.807) is 49.4 Å². The number of para-hydroxylation sites is 1. The zero-order valence-corrected chi connectivity index (χ0v) is 18.8. The zero-order valence-electron chi connectivity index (χ0n) is 16.6. The van der Waals surface area contributed by atoms with Crippen LogP contribution in [0.2, 0.25) is 15.1 Å². The molecule has 0 bridgehead atoms. The second-order valence-corrected chi connectivity index (χ2v) is 7.82. The molecular weight excluding hydrogens is 463 g/mol. The van der Waals surface area contributed by atoms with Crippen LogP contribution in [0.4, 0.5) is 5.69 Å². The predicted molar refractivity (Wildman–Crippen MR) is 120 cm³/mol. The van der Waals surface area contributed by atoms with E-state index in [1.807, 2.05) is 0 Å². The molecule has 0 aliphatic rings. The maximum absolute atomic E-state index is 12.6. The minimum atomic E-state index is -0.395. The van der Waals surface area contributed by atoms with E-state index in [2.05, 4.69) is 15.5 Å². The first-order valence-corrected chi connectivity index (χ1v) is 10.6. The number of likely N-dealkylation sites (N-methyl/N-ethyl adjacent to an activating group) is 1. The maximum atomic E-state index is 12.6. The highest BCUT2D eigenvalue weighted by Gasteiger charge is 2.18. The van der Waals surface area contributed by atoms with Crippen LogP contribution in [0.3, 0.4) is 0 Å². The van der Waals surface area contributed by atoms with Crippen LogP contribution in [0.15, 0.2) is 47.0 Å². The van der Waals surface area contributed by atoms with Gasteiger partial charge in [0, 0.05) is 30.0 Å². The van der Waals surface area contributed by atoms with Crippen LogP contribution in [0.5, 0.6) is 0 Å². The summed E-state index contributed by atoms with van der Waals surface area (Å²) < 4.78 is 5.23. The summed E-state index contributed by atoms with van der Waals surface area (Å²) in [4.78, 5) is 30.7. The number of amides is 2. The first-order valence-electron chi connectivity index (χ1n) is 9.47. The van der Waals surface area contributed by atoms with Gasteiger partial charge in [-0.1, -0.05) is 46.0 Å². The summed E-state index contributed by atoms with van der Waals surface area (Å²) in [5, 5.41) is 7.83. The highest BCUT2D eigenvalue weighted by Crippen LogP contribution is 2.29. The molecule has 0 radical (unpaired) electrons. The van der Waals surface area contributed by atoms with Crippen molar-refractivity contribution in [1.29, 1.82) is 0 Å². The largest absolute Gasteiger partial charge is 0.339 e. The summed E-state index contributed by atoms with van der Waals surface area (Å²) in [6.45, 7) is 2.03. The number of benzene rings is 2. The molecule has 31 heavy (non-hydrogen) atoms. The molecule has 0 fully saturated rings. The number of rotatable bonds is 8. The number of anilines is 1. The Morgan fingerprint density at radius 1 is 1.06 bits per heavy atom. The van der Waals surface area contributed by atoms with Crippen LogP contribution in [0.1, 0.15) is 19.2 Å². The fourth-order valence-electron chi connectivity index (χ4n) is 2.79. The van der Waals surface area contributed by atoms with E-state index in [1.165, 1.54) is 4.90 Å². The van der Waals surface area contributed by atoms with Gasteiger partial charge in [-0.15, -0.1) is 0 Å². The molecule has 0 aliphatic carbocycles. The Morgan fingerprint density at radius 2 is 1.74 bits per heavy atom. The number of hydrogen-bond donors (Lipinski definition) is 1. The molecule has 162 valence electrons. The van der Waals surface area contributed by atoms with Gasteiger partial charge >= 0.3 is 0 Å². The van der Waals surface area contributed by atoms with Crippen LogP contribution in [-0.4, -0.2) is 39.9 Å². The van der Waals surface area contributed by atoms with Crippen molar-refractivity contribution in [2.24, 2.45) is 0 Å². The number of halogens is 3. The summed E-state index contributed by atoms with van der Waals surface area (Å²) in [5.41, 5.74) is 1.08. The Hall–Kier alpha value is -2.61. The molecule has 0 unspecified atom stereocenters. The zero-order chi connectivity index (χ0) is 22.4. The van der Waals surface area contributed by atoms with Gasteiger partial charge in [0.1, 0.15) is 0 Å². The standard InChI is InChI=1S/C21H19Cl3N4O3/c1-2-28(12-17(29)25-20-15(23)4-3-5-16(20)24)19(30)11-10-18-26-21(27-31-18)13-6-8-14(22)9-7-13/h3-9H,2,10-12H2,1H3,(H,25,29). The van der Waals surface area contributed by atoms with Gasteiger partial charge < -0.3 is 14.7 Å². The predicted octanol–water partition coefficient (Wildman–Crippen LogP) is 5.12. The molecule has 1 N–H and O–H groups in total. The van der Waals surface area contributed by atoms with Crippen molar-refractivity contribution >= 4 is 52.3 Å². The van der Waals surface area contributed by atoms with Crippen molar-refractivity contribution in [2.45, 2.75) is 19.8 Å². The quantitative estimate of drug-likeness (QED) is 0.482. The molecular formula is C21H19Cl3N4O3. The van der Waals surface area contributed by atoms with E-state index in [0.717, 1.165) is 5.56 Å². The van der Waals surface area contributed by atoms with Crippen LogP contribution in [0.25, 0.3) is 11.4 Å². The van der Waals surface area contributed by atoms with Crippen molar-refractivity contribution < 1.29 is 14.1 Å². The molecule has 1 aromatic heterocycles. The Morgan fingerprint density at radius 3 is 2.39 bits per heavy atom. The molecule has 0 aliphatic heterocycles. The Bertz CT molecular complexity index is 1050. The van der Waals surface area contributed by atoms with Gasteiger partial charge in [0.05, 0.1) is 22.3 Å². The second kappa shape index (κ2) is 10.6. The third-order valence-corrected chi connectivity index (χ3v) is 5.30. The van der Waals surface area contributed by atoms with E-state index in [-0.39, 0.29) is 25.3 Å². The molecule has 0 saturated carbocycles. The molecule has 3 rings (SSSR count). The van der Waals surface area contributed by atoms with Crippen molar-refractivity contribution in [1.82, 2.24) is 15.0 Å². The van der Waals surface area contributed by atoms with Gasteiger partial charge in [-0.05, 0) is 43.3 Å². The first-order chi connectivity index (χ1) is 14.9. The Labute approximate surface area is 194 Å². The molecule has 1 heterocycles. The van der Waals surface area contributed by atoms with Crippen molar-refractivity contribution in [3.63, 3.8) is 0 Å². The van der Waals surface area contributed by atoms with Gasteiger partial charge in [-0.2, -0.15) is 4.98 Å². The number of carbonyl (C=O) groups excluding carboxylic acids is 2. The average Bonchev–Trinajstić information content (AvgIpc) is 3.22. The fraction of sp³-hybridized carbons (Fsp3) is 0.238. The summed E-state index contributed by atoms with van der Waals surface area (Å²) >= 11 is 18.0. The average molecular weight is 482 g/mol. The second-order valence-electron chi connectivity index (χ2n) is 6.57. The number of aromatic nitrogens is 2. The summed E-state index contributed by atoms with van der Waals surface area (Å²) in [6, 6.07) is 11.9. The molecule has 2 aromatic carbocycles. The molecule has 0 atom stereocenters. The topological polar surface area (TPSA) is 88.3 Å². The maximum Gasteiger partial charge on any atom is 0.244 e. The van der Waals surface area contributed by atoms with E-state index >= 15 is 0 Å². The van der Waals surface area contributed by atoms with Crippen molar-refractivity contribution in [3.8, 4) is 11.4 Å². The van der Waals surface area contributed by atoms with Gasteiger partial charge in [-0.25, -0.2) is 0 Å². The van der Waals surface area contributed by atoms with Gasteiger partial charge in [0.15, 0.2) is 0 Å². The van der Waals surface area contributed by atoms with Gasteiger partial charge in [0.2, 0.25) is 23.5 Å². The molecule has 0 spiro atoms. The number of aryl methyl sites for hydroxylation is 1. The number of hydrogen-bond acceptors (Lipinski definition) is 5. The minimum Gasteiger partial charge on any atom is -0.339 e. The van der Waals surface area contributed by atoms with Crippen LogP contribution < -0.4 is 5.32 Å². The summed E-state index contributed by atoms with van der Waals surface area (Å²) in [6.07, 6.45) is 0.379. The van der Waals surface area contributed by atoms with Crippen molar-refractivity contribution in [2.75, 3.05) is 18.4 Å². The highest BCUT2D eigenvalue weighted by atomic mass is 35.5. The monoisotopic (exact) mass is 480 g/mol. The molecule has 2 amide bonds. The first kappa shape index (κ1) is 23.1. The summed E-state index contributed by atoms with van der Waals surface area (Å²) in [7, 11) is 0. The third-order valence-electron chi connectivity index (χ3n) is 4.42. The lowest BCUT2D eigenvalue weighted by molar-refractivity contribution is -0.134. The molecule has 0 saturated heterocycles. The third kappa shape index (κ3) is 6.19. The fourth-order valence-corrected chi connectivity index (χ4v) is 3.41. The normalized spacial score (nSPS) is 10.7. The van der Waals surface area contributed by atoms with E-state index in [4.69, 9.17) is 39.3 Å². The van der Waals surface area contributed by atoms with E-state index in [0.29, 0.717) is 39.0 Å². The lowest BCUT2D eigenvalue weighted by Crippen LogP contribution is -2.38. The SMILES string of the molecule is CCN(CC(=O)Nc1c(Cl)cccc1Cl)C(=O)CCc1nc(-c2ccc(Cl)cc2)no1. The number of carbonyl (C=O) groups is 2. The summed E-state index contributed by atoms with van der Waals surface area (Å²) in [5.74, 6) is 0.145. The number of nitrogens with zero attached hydrogens (tertiary/aromatic N) is 3. The Balaban J connectivity index is 1.55. The van der Waals surface area contributed by atoms with Gasteiger partial charge in [0.25, 0.3) is 0 Å². The Kier molecular flexibility index (Phi) is 7.90. The highest BCUT2D eigenvalue weighted by molar-refractivity contribution is 6.39.